The van der Waals surface area contributed by atoms with E-state index in [-0.39, 0.29) is 12.2 Å². The number of fused-ring (bicyclic) bond motifs is 1. The smallest absolute Gasteiger partial charge is 0.344 e. The Labute approximate surface area is 144 Å². The number of aromatic nitrogens is 3. The van der Waals surface area contributed by atoms with Gasteiger partial charge in [-0.2, -0.15) is 5.10 Å². The monoisotopic (exact) mass is 338 g/mol. The maximum atomic E-state index is 12.3. The summed E-state index contributed by atoms with van der Waals surface area (Å²) >= 11 is 0. The summed E-state index contributed by atoms with van der Waals surface area (Å²) in [5.41, 5.74) is 3.79. The summed E-state index contributed by atoms with van der Waals surface area (Å²) in [6, 6.07) is 7.44. The highest BCUT2D eigenvalue weighted by Gasteiger charge is 2.20. The van der Waals surface area contributed by atoms with Crippen LogP contribution in [-0.4, -0.2) is 33.1 Å². The minimum atomic E-state index is -0.622. The molecule has 1 amide bonds. The number of rotatable bonds is 4. The average Bonchev–Trinajstić information content (AvgIpc) is 2.92. The van der Waals surface area contributed by atoms with Crippen LogP contribution in [0.2, 0.25) is 0 Å². The Hall–Kier alpha value is -3.22. The number of para-hydroxylation sites is 1. The summed E-state index contributed by atoms with van der Waals surface area (Å²) in [5, 5.41) is 6.98. The predicted molar refractivity (Wildman–Crippen MR) is 92.6 cm³/mol. The van der Waals surface area contributed by atoms with Gasteiger partial charge in [-0.1, -0.05) is 18.2 Å². The molecule has 1 aromatic carbocycles. The molecule has 0 saturated heterocycles. The quantitative estimate of drug-likeness (QED) is 0.739. The maximum absolute atomic E-state index is 12.3. The predicted octanol–water partition coefficient (Wildman–Crippen LogP) is 2.45. The van der Waals surface area contributed by atoms with Gasteiger partial charge in [-0.15, -0.1) is 0 Å². The van der Waals surface area contributed by atoms with Crippen LogP contribution in [0, 0.1) is 20.8 Å². The first-order chi connectivity index (χ1) is 12.0. The van der Waals surface area contributed by atoms with Gasteiger partial charge in [0.2, 0.25) is 0 Å². The minimum Gasteiger partial charge on any atom is -0.452 e. The van der Waals surface area contributed by atoms with Crippen LogP contribution >= 0.6 is 0 Å². The summed E-state index contributed by atoms with van der Waals surface area (Å²) in [6.45, 7) is 5.13. The van der Waals surface area contributed by atoms with Gasteiger partial charge in [0, 0.05) is 18.1 Å². The van der Waals surface area contributed by atoms with Crippen molar-refractivity contribution in [3.63, 3.8) is 0 Å². The third-order valence-electron chi connectivity index (χ3n) is 3.85. The lowest BCUT2D eigenvalue weighted by Crippen LogP contribution is -2.22. The Kier molecular flexibility index (Phi) is 4.47. The van der Waals surface area contributed by atoms with E-state index >= 15 is 0 Å². The number of carbonyl (C=O) groups excluding carboxylic acids is 2. The number of hydrogen-bond donors (Lipinski definition) is 1. The number of ether oxygens (including phenoxy) is 1. The van der Waals surface area contributed by atoms with Crippen molar-refractivity contribution in [2.45, 2.75) is 20.8 Å². The van der Waals surface area contributed by atoms with Crippen LogP contribution in [0.1, 0.15) is 27.2 Å². The topological polar surface area (TPSA) is 85.6 Å². The number of esters is 1. The molecule has 2 aromatic heterocycles. The number of anilines is 1. The van der Waals surface area contributed by atoms with E-state index in [1.807, 2.05) is 32.0 Å². The molecule has 25 heavy (non-hydrogen) atoms. The molecular weight excluding hydrogens is 320 g/mol. The number of nitrogens with zero attached hydrogens (tertiary/aromatic N) is 3. The Morgan fingerprint density at radius 1 is 1.16 bits per heavy atom. The molecule has 0 atom stereocenters. The van der Waals surface area contributed by atoms with Gasteiger partial charge in [0.25, 0.3) is 5.91 Å². The first-order valence-electron chi connectivity index (χ1n) is 7.80. The van der Waals surface area contributed by atoms with Gasteiger partial charge in [0.1, 0.15) is 5.56 Å². The average molecular weight is 338 g/mol. The van der Waals surface area contributed by atoms with Crippen LogP contribution in [0.5, 0.6) is 0 Å². The molecule has 1 N–H and O–H groups in total. The van der Waals surface area contributed by atoms with Gasteiger partial charge in [0.15, 0.2) is 12.3 Å². The molecule has 0 fully saturated rings. The van der Waals surface area contributed by atoms with E-state index in [0.29, 0.717) is 11.3 Å². The van der Waals surface area contributed by atoms with E-state index in [0.717, 1.165) is 16.8 Å². The van der Waals surface area contributed by atoms with Crippen molar-refractivity contribution >= 4 is 23.2 Å². The summed E-state index contributed by atoms with van der Waals surface area (Å²) in [7, 11) is 0. The zero-order valence-corrected chi connectivity index (χ0v) is 14.2. The lowest BCUT2D eigenvalue weighted by atomic mass is 10.1. The van der Waals surface area contributed by atoms with Gasteiger partial charge < -0.3 is 10.1 Å². The maximum Gasteiger partial charge on any atom is 0.344 e. The van der Waals surface area contributed by atoms with Crippen LogP contribution in [0.25, 0.3) is 5.65 Å². The molecule has 7 heteroatoms. The SMILES string of the molecule is Cc1cccc(C)c1NC(=O)COC(=O)c1c(C)nn2cccnc12. The lowest BCUT2D eigenvalue weighted by molar-refractivity contribution is -0.119. The van der Waals surface area contributed by atoms with Crippen molar-refractivity contribution in [2.75, 3.05) is 11.9 Å². The molecule has 0 radical (unpaired) electrons. The summed E-state index contributed by atoms with van der Waals surface area (Å²) < 4.78 is 6.65. The number of amides is 1. The van der Waals surface area contributed by atoms with Crippen LogP contribution < -0.4 is 5.32 Å². The third kappa shape index (κ3) is 3.35. The molecule has 0 aliphatic carbocycles. The largest absolute Gasteiger partial charge is 0.452 e. The van der Waals surface area contributed by atoms with Crippen molar-refractivity contribution < 1.29 is 14.3 Å². The number of hydrogen-bond acceptors (Lipinski definition) is 5. The first-order valence-corrected chi connectivity index (χ1v) is 7.80. The molecule has 3 rings (SSSR count). The van der Waals surface area contributed by atoms with E-state index in [2.05, 4.69) is 15.4 Å². The molecule has 0 bridgehead atoms. The molecule has 7 nitrogen and oxygen atoms in total. The molecular formula is C18H18N4O3. The van der Waals surface area contributed by atoms with Crippen molar-refractivity contribution in [2.24, 2.45) is 0 Å². The lowest BCUT2D eigenvalue weighted by Gasteiger charge is -2.11. The molecule has 0 unspecified atom stereocenters. The van der Waals surface area contributed by atoms with E-state index < -0.39 is 11.9 Å². The number of carbonyl (C=O) groups is 2. The van der Waals surface area contributed by atoms with Gasteiger partial charge in [0.05, 0.1) is 5.69 Å². The third-order valence-corrected chi connectivity index (χ3v) is 3.85. The first kappa shape index (κ1) is 16.6. The fraction of sp³-hybridized carbons (Fsp3) is 0.222. The fourth-order valence-corrected chi connectivity index (χ4v) is 2.63. The summed E-state index contributed by atoms with van der Waals surface area (Å²) in [4.78, 5) is 28.6. The van der Waals surface area contributed by atoms with E-state index in [1.54, 1.807) is 25.4 Å². The molecule has 3 aromatic rings. The van der Waals surface area contributed by atoms with Crippen molar-refractivity contribution in [3.05, 3.63) is 59.0 Å². The van der Waals surface area contributed by atoms with Gasteiger partial charge in [-0.3, -0.25) is 4.79 Å². The van der Waals surface area contributed by atoms with Crippen molar-refractivity contribution in [3.8, 4) is 0 Å². The standard InChI is InChI=1S/C18H18N4O3/c1-11-6-4-7-12(2)16(11)20-14(23)10-25-18(24)15-13(3)21-22-9-5-8-19-17(15)22/h4-9H,10H2,1-3H3,(H,20,23). The van der Waals surface area contributed by atoms with Crippen molar-refractivity contribution in [1.29, 1.82) is 0 Å². The Balaban J connectivity index is 1.70. The van der Waals surface area contributed by atoms with Gasteiger partial charge in [-0.25, -0.2) is 14.3 Å². The van der Waals surface area contributed by atoms with E-state index in [4.69, 9.17) is 4.74 Å². The summed E-state index contributed by atoms with van der Waals surface area (Å²) in [6.07, 6.45) is 3.26. The summed E-state index contributed by atoms with van der Waals surface area (Å²) in [5.74, 6) is -1.02. The highest BCUT2D eigenvalue weighted by molar-refractivity contribution is 5.99. The van der Waals surface area contributed by atoms with E-state index in [9.17, 15) is 9.59 Å². The molecule has 2 heterocycles. The second kappa shape index (κ2) is 6.72. The fourth-order valence-electron chi connectivity index (χ4n) is 2.63. The van der Waals surface area contributed by atoms with Gasteiger partial charge in [-0.05, 0) is 38.0 Å². The van der Waals surface area contributed by atoms with Crippen LogP contribution in [-0.2, 0) is 9.53 Å². The molecule has 128 valence electrons. The second-order valence-corrected chi connectivity index (χ2v) is 5.74. The molecule has 0 spiro atoms. The molecule has 0 aliphatic rings. The minimum absolute atomic E-state index is 0.264. The zero-order valence-electron chi connectivity index (χ0n) is 14.2. The second-order valence-electron chi connectivity index (χ2n) is 5.74. The van der Waals surface area contributed by atoms with Crippen LogP contribution in [0.4, 0.5) is 5.69 Å². The number of nitrogens with one attached hydrogen (secondary N) is 1. The van der Waals surface area contributed by atoms with Crippen molar-refractivity contribution in [1.82, 2.24) is 14.6 Å². The Morgan fingerprint density at radius 2 is 1.88 bits per heavy atom. The Bertz CT molecular complexity index is 942. The zero-order chi connectivity index (χ0) is 18.0. The highest BCUT2D eigenvalue weighted by Crippen LogP contribution is 2.19. The van der Waals surface area contributed by atoms with Gasteiger partial charge >= 0.3 is 5.97 Å². The normalized spacial score (nSPS) is 10.7. The highest BCUT2D eigenvalue weighted by atomic mass is 16.5. The Morgan fingerprint density at radius 3 is 2.60 bits per heavy atom. The molecule has 0 saturated carbocycles. The number of aryl methyl sites for hydroxylation is 3. The number of benzene rings is 1. The van der Waals surface area contributed by atoms with Crippen LogP contribution in [0.3, 0.4) is 0 Å². The molecule has 0 aliphatic heterocycles. The van der Waals surface area contributed by atoms with Crippen LogP contribution in [0.15, 0.2) is 36.7 Å². The van der Waals surface area contributed by atoms with E-state index in [1.165, 1.54) is 4.52 Å².